The number of benzene rings is 1. The quantitative estimate of drug-likeness (QED) is 0.589. The number of halogens is 9. The van der Waals surface area contributed by atoms with Crippen molar-refractivity contribution in [2.24, 2.45) is 0 Å². The van der Waals surface area contributed by atoms with Gasteiger partial charge in [0.25, 0.3) is 0 Å². The van der Waals surface area contributed by atoms with Gasteiger partial charge in [0.15, 0.2) is 0 Å². The summed E-state index contributed by atoms with van der Waals surface area (Å²) in [6.07, 6.45) is -12.4. The molecule has 19 heavy (non-hydrogen) atoms. The first kappa shape index (κ1) is 16.4. The Morgan fingerprint density at radius 1 is 0.842 bits per heavy atom. The molecule has 108 valence electrons. The Bertz CT molecular complexity index is 476. The molecule has 0 heterocycles. The van der Waals surface area contributed by atoms with Crippen LogP contribution >= 0.6 is 23.2 Å². The van der Waals surface area contributed by atoms with Crippen LogP contribution in [0.15, 0.2) is 12.1 Å². The molecule has 0 spiro atoms. The fourth-order valence-electron chi connectivity index (χ4n) is 1.44. The maximum absolute atomic E-state index is 13.8. The van der Waals surface area contributed by atoms with Crippen molar-refractivity contribution < 1.29 is 30.7 Å². The Labute approximate surface area is 113 Å². The van der Waals surface area contributed by atoms with Gasteiger partial charge < -0.3 is 0 Å². The van der Waals surface area contributed by atoms with Gasteiger partial charge in [-0.25, -0.2) is 4.39 Å². The molecule has 0 aromatic heterocycles. The maximum atomic E-state index is 13.8. The second-order valence-electron chi connectivity index (χ2n) is 3.74. The normalized spacial score (nSPS) is 13.8. The van der Waals surface area contributed by atoms with E-state index in [0.717, 1.165) is 13.0 Å². The van der Waals surface area contributed by atoms with Crippen LogP contribution in [0, 0.1) is 6.92 Å². The molecule has 1 rings (SSSR count). The van der Waals surface area contributed by atoms with E-state index < -0.39 is 33.6 Å². The predicted octanol–water partition coefficient (Wildman–Crippen LogP) is 5.59. The van der Waals surface area contributed by atoms with Crippen molar-refractivity contribution >= 4 is 23.2 Å². The predicted molar refractivity (Wildman–Crippen MR) is 56.1 cm³/mol. The van der Waals surface area contributed by atoms with Crippen molar-refractivity contribution in [2.45, 2.75) is 24.9 Å². The van der Waals surface area contributed by atoms with Gasteiger partial charge in [0.05, 0.1) is 5.02 Å². The van der Waals surface area contributed by atoms with E-state index in [2.05, 4.69) is 0 Å². The van der Waals surface area contributed by atoms with Crippen LogP contribution in [0.1, 0.15) is 11.1 Å². The van der Waals surface area contributed by atoms with E-state index in [9.17, 15) is 30.7 Å². The van der Waals surface area contributed by atoms with E-state index in [0.29, 0.717) is 0 Å². The lowest BCUT2D eigenvalue weighted by Gasteiger charge is -2.31. The highest BCUT2D eigenvalue weighted by atomic mass is 35.5. The molecular formula is C10H5Cl2F7. The van der Waals surface area contributed by atoms with Crippen molar-refractivity contribution in [1.29, 1.82) is 0 Å². The smallest absolute Gasteiger partial charge is 0.218 e. The number of hydrogen-bond donors (Lipinski definition) is 0. The SMILES string of the molecule is Cc1cc(Cl)cc(C(F)(C(F)(F)F)C(F)(F)F)c1Cl. The lowest BCUT2D eigenvalue weighted by atomic mass is 9.92. The first-order valence-electron chi connectivity index (χ1n) is 4.61. The molecule has 0 bridgehead atoms. The molecule has 0 amide bonds. The molecule has 0 atom stereocenters. The summed E-state index contributed by atoms with van der Waals surface area (Å²) >= 11 is 10.7. The summed E-state index contributed by atoms with van der Waals surface area (Å²) in [5.74, 6) is 0. The van der Waals surface area contributed by atoms with Gasteiger partial charge in [0, 0.05) is 10.6 Å². The third-order valence-electron chi connectivity index (χ3n) is 2.37. The van der Waals surface area contributed by atoms with E-state index in [1.807, 2.05) is 0 Å². The van der Waals surface area contributed by atoms with Gasteiger partial charge in [-0.05, 0) is 24.6 Å². The van der Waals surface area contributed by atoms with Crippen molar-refractivity contribution in [2.75, 3.05) is 0 Å². The van der Waals surface area contributed by atoms with Crippen molar-refractivity contribution in [3.8, 4) is 0 Å². The highest BCUT2D eigenvalue weighted by Gasteiger charge is 2.74. The van der Waals surface area contributed by atoms with Crippen molar-refractivity contribution in [3.63, 3.8) is 0 Å². The summed E-state index contributed by atoms with van der Waals surface area (Å²) in [6.45, 7) is 1.12. The zero-order valence-electron chi connectivity index (χ0n) is 9.06. The zero-order valence-corrected chi connectivity index (χ0v) is 10.6. The Balaban J connectivity index is 3.71. The van der Waals surface area contributed by atoms with E-state index in [4.69, 9.17) is 23.2 Å². The second-order valence-corrected chi connectivity index (χ2v) is 4.55. The molecule has 0 saturated carbocycles. The molecule has 0 N–H and O–H groups in total. The van der Waals surface area contributed by atoms with Gasteiger partial charge in [-0.2, -0.15) is 26.3 Å². The van der Waals surface area contributed by atoms with Crippen LogP contribution in [-0.2, 0) is 5.67 Å². The van der Waals surface area contributed by atoms with Crippen LogP contribution in [-0.4, -0.2) is 12.4 Å². The Hall–Kier alpha value is -0.690. The number of hydrogen-bond acceptors (Lipinski definition) is 0. The van der Waals surface area contributed by atoms with Gasteiger partial charge in [-0.3, -0.25) is 0 Å². The van der Waals surface area contributed by atoms with Gasteiger partial charge in [-0.15, -0.1) is 0 Å². The molecule has 0 saturated heterocycles. The molecule has 9 heteroatoms. The van der Waals surface area contributed by atoms with E-state index in [1.54, 1.807) is 0 Å². The summed E-state index contributed by atoms with van der Waals surface area (Å²) in [6, 6.07) is 1.25. The fourth-order valence-corrected chi connectivity index (χ4v) is 1.95. The lowest BCUT2D eigenvalue weighted by molar-refractivity contribution is -0.348. The first-order valence-corrected chi connectivity index (χ1v) is 5.36. The monoisotopic (exact) mass is 328 g/mol. The molecule has 1 aromatic rings. The van der Waals surface area contributed by atoms with E-state index in [-0.39, 0.29) is 11.6 Å². The zero-order chi connectivity index (χ0) is 15.2. The molecule has 0 aliphatic heterocycles. The first-order chi connectivity index (χ1) is 8.32. The molecular weight excluding hydrogens is 324 g/mol. The molecule has 0 aliphatic carbocycles. The summed E-state index contributed by atoms with van der Waals surface area (Å²) in [7, 11) is 0. The number of alkyl halides is 7. The third kappa shape index (κ3) is 2.63. The Morgan fingerprint density at radius 3 is 1.63 bits per heavy atom. The van der Waals surface area contributed by atoms with Crippen LogP contribution in [0.25, 0.3) is 0 Å². The average Bonchev–Trinajstić information content (AvgIpc) is 2.18. The van der Waals surface area contributed by atoms with E-state index >= 15 is 0 Å². The van der Waals surface area contributed by atoms with E-state index in [1.165, 1.54) is 0 Å². The molecule has 0 fully saturated rings. The fraction of sp³-hybridized carbons (Fsp3) is 0.400. The van der Waals surface area contributed by atoms with Gasteiger partial charge >= 0.3 is 18.0 Å². The molecule has 0 radical (unpaired) electrons. The summed E-state index contributed by atoms with van der Waals surface area (Å²) in [5.41, 5.74) is -7.54. The highest BCUT2D eigenvalue weighted by Crippen LogP contribution is 2.55. The second kappa shape index (κ2) is 4.70. The van der Waals surface area contributed by atoms with Crippen LogP contribution in [0.2, 0.25) is 10.0 Å². The van der Waals surface area contributed by atoms with Crippen LogP contribution in [0.3, 0.4) is 0 Å². The lowest BCUT2D eigenvalue weighted by Crippen LogP contribution is -2.50. The molecule has 1 aromatic carbocycles. The van der Waals surface area contributed by atoms with Crippen LogP contribution in [0.5, 0.6) is 0 Å². The van der Waals surface area contributed by atoms with Crippen LogP contribution in [0.4, 0.5) is 30.7 Å². The largest absolute Gasteiger partial charge is 0.436 e. The molecule has 0 aliphatic rings. The van der Waals surface area contributed by atoms with Crippen LogP contribution < -0.4 is 0 Å². The average molecular weight is 329 g/mol. The van der Waals surface area contributed by atoms with Gasteiger partial charge in [0.1, 0.15) is 0 Å². The topological polar surface area (TPSA) is 0 Å². The summed E-state index contributed by atoms with van der Waals surface area (Å²) < 4.78 is 89.0. The number of rotatable bonds is 1. The molecule has 0 unspecified atom stereocenters. The third-order valence-corrected chi connectivity index (χ3v) is 3.09. The van der Waals surface area contributed by atoms with Crippen molar-refractivity contribution in [1.82, 2.24) is 0 Å². The minimum atomic E-state index is -6.22. The Morgan fingerprint density at radius 2 is 1.26 bits per heavy atom. The standard InChI is InChI=1S/C10H5Cl2F7/c1-4-2-5(11)3-6(7(4)12)8(13,9(14,15)16)10(17,18)19/h2-3H,1H3. The van der Waals surface area contributed by atoms with Crippen molar-refractivity contribution in [3.05, 3.63) is 33.3 Å². The van der Waals surface area contributed by atoms with Gasteiger partial charge in [-0.1, -0.05) is 23.2 Å². The minimum Gasteiger partial charge on any atom is -0.218 e. The minimum absolute atomic E-state index is 0.195. The summed E-state index contributed by atoms with van der Waals surface area (Å²) in [5, 5.41) is -1.45. The maximum Gasteiger partial charge on any atom is 0.436 e. The van der Waals surface area contributed by atoms with Gasteiger partial charge in [0.2, 0.25) is 0 Å². The highest BCUT2D eigenvalue weighted by molar-refractivity contribution is 6.34. The summed E-state index contributed by atoms with van der Waals surface area (Å²) in [4.78, 5) is 0. The molecule has 0 nitrogen and oxygen atoms in total. The Kier molecular flexibility index (Phi) is 4.05. The number of aryl methyl sites for hydroxylation is 1.